The topological polar surface area (TPSA) is 51.5 Å². The van der Waals surface area contributed by atoms with Crippen molar-refractivity contribution in [2.75, 3.05) is 6.54 Å². The van der Waals surface area contributed by atoms with Gasteiger partial charge >= 0.3 is 0 Å². The first kappa shape index (κ1) is 15.5. The first-order valence-electron chi connectivity index (χ1n) is 8.85. The molecule has 0 amide bonds. The van der Waals surface area contributed by atoms with Gasteiger partial charge in [-0.15, -0.1) is 0 Å². The monoisotopic (exact) mass is 334 g/mol. The van der Waals surface area contributed by atoms with E-state index in [2.05, 4.69) is 22.3 Å². The fourth-order valence-corrected chi connectivity index (χ4v) is 4.95. The van der Waals surface area contributed by atoms with E-state index in [4.69, 9.17) is 4.74 Å². The molecule has 1 N–H and O–H groups in total. The van der Waals surface area contributed by atoms with Gasteiger partial charge in [0.25, 0.3) is 0 Å². The predicted octanol–water partition coefficient (Wildman–Crippen LogP) is 3.38. The molecule has 2 aromatic heterocycles. The van der Waals surface area contributed by atoms with E-state index in [9.17, 15) is 0 Å². The summed E-state index contributed by atoms with van der Waals surface area (Å²) >= 11 is 1.65. The van der Waals surface area contributed by atoms with Crippen molar-refractivity contribution in [1.82, 2.24) is 19.9 Å². The van der Waals surface area contributed by atoms with Gasteiger partial charge in [-0.2, -0.15) is 5.10 Å². The van der Waals surface area contributed by atoms with E-state index in [0.717, 1.165) is 28.8 Å². The van der Waals surface area contributed by atoms with Gasteiger partial charge in [0.2, 0.25) is 4.96 Å². The van der Waals surface area contributed by atoms with E-state index in [1.165, 1.54) is 50.6 Å². The molecule has 1 aliphatic heterocycles. The molecule has 1 spiro atoms. The van der Waals surface area contributed by atoms with E-state index >= 15 is 0 Å². The molecule has 23 heavy (non-hydrogen) atoms. The van der Waals surface area contributed by atoms with Crippen LogP contribution in [0, 0.1) is 13.8 Å². The van der Waals surface area contributed by atoms with Gasteiger partial charge in [-0.25, -0.2) is 9.50 Å². The molecule has 1 saturated carbocycles. The Morgan fingerprint density at radius 2 is 2.09 bits per heavy atom. The molecule has 5 nitrogen and oxygen atoms in total. The van der Waals surface area contributed by atoms with Gasteiger partial charge in [-0.1, -0.05) is 30.6 Å². The highest BCUT2D eigenvalue weighted by atomic mass is 32.1. The summed E-state index contributed by atoms with van der Waals surface area (Å²) < 4.78 is 8.42. The molecular formula is C17H26N4OS. The van der Waals surface area contributed by atoms with Crippen molar-refractivity contribution < 1.29 is 4.74 Å². The molecule has 6 heteroatoms. The van der Waals surface area contributed by atoms with Crippen molar-refractivity contribution in [1.29, 1.82) is 0 Å². The van der Waals surface area contributed by atoms with Crippen LogP contribution in [-0.2, 0) is 11.3 Å². The molecule has 0 bridgehead atoms. The second-order valence-corrected chi connectivity index (χ2v) is 8.27. The summed E-state index contributed by atoms with van der Waals surface area (Å²) in [5.41, 5.74) is 2.47. The minimum Gasteiger partial charge on any atom is -0.370 e. The predicted molar refractivity (Wildman–Crippen MR) is 92.0 cm³/mol. The zero-order valence-corrected chi connectivity index (χ0v) is 14.9. The van der Waals surface area contributed by atoms with E-state index in [1.807, 2.05) is 11.4 Å². The van der Waals surface area contributed by atoms with Crippen molar-refractivity contribution in [3.63, 3.8) is 0 Å². The standard InChI is InChI=1S/C17H26N4OS/c1-12-15(21-16(19-12)23-13(2)20-21)11-18-10-14-6-9-17(22-14)7-4-3-5-8-17/h14,18H,3-11H2,1-2H3. The SMILES string of the molecule is Cc1nn2c(CNCC3CCC4(CCCCC4)O3)c(C)nc2s1. The summed E-state index contributed by atoms with van der Waals surface area (Å²) in [7, 11) is 0. The maximum Gasteiger partial charge on any atom is 0.212 e. The van der Waals surface area contributed by atoms with Crippen LogP contribution in [0.3, 0.4) is 0 Å². The Balaban J connectivity index is 1.34. The van der Waals surface area contributed by atoms with Gasteiger partial charge in [0.1, 0.15) is 5.01 Å². The lowest BCUT2D eigenvalue weighted by molar-refractivity contribution is -0.0624. The second kappa shape index (κ2) is 6.15. The van der Waals surface area contributed by atoms with Crippen LogP contribution in [-0.4, -0.2) is 32.8 Å². The Morgan fingerprint density at radius 3 is 2.91 bits per heavy atom. The quantitative estimate of drug-likeness (QED) is 0.931. The molecule has 2 fully saturated rings. The maximum atomic E-state index is 6.43. The number of aromatic nitrogens is 3. The minimum atomic E-state index is 0.219. The highest BCUT2D eigenvalue weighted by molar-refractivity contribution is 7.16. The molecule has 3 heterocycles. The third kappa shape index (κ3) is 3.04. The van der Waals surface area contributed by atoms with Crippen molar-refractivity contribution in [2.45, 2.75) is 77.0 Å². The van der Waals surface area contributed by atoms with Crippen LogP contribution in [0.1, 0.15) is 61.3 Å². The van der Waals surface area contributed by atoms with Crippen molar-refractivity contribution in [2.24, 2.45) is 0 Å². The van der Waals surface area contributed by atoms with E-state index < -0.39 is 0 Å². The summed E-state index contributed by atoms with van der Waals surface area (Å²) in [6.45, 7) is 5.83. The van der Waals surface area contributed by atoms with Crippen LogP contribution in [0.25, 0.3) is 4.96 Å². The Labute approximate surface area is 141 Å². The van der Waals surface area contributed by atoms with Gasteiger partial charge in [-0.05, 0) is 39.5 Å². The molecule has 4 rings (SSSR count). The number of fused-ring (bicyclic) bond motifs is 1. The van der Waals surface area contributed by atoms with Gasteiger partial charge in [0.05, 0.1) is 23.1 Å². The molecule has 2 aliphatic rings. The second-order valence-electron chi connectivity index (χ2n) is 7.11. The molecule has 1 atom stereocenters. The molecular weight excluding hydrogens is 308 g/mol. The number of rotatable bonds is 4. The smallest absolute Gasteiger partial charge is 0.212 e. The normalized spacial score (nSPS) is 24.0. The molecule has 2 aromatic rings. The largest absolute Gasteiger partial charge is 0.370 e. The zero-order chi connectivity index (χ0) is 15.9. The van der Waals surface area contributed by atoms with Crippen LogP contribution in [0.4, 0.5) is 0 Å². The summed E-state index contributed by atoms with van der Waals surface area (Å²) in [5.74, 6) is 0. The fraction of sp³-hybridized carbons (Fsp3) is 0.765. The summed E-state index contributed by atoms with van der Waals surface area (Å²) in [6, 6.07) is 0. The van der Waals surface area contributed by atoms with E-state index in [0.29, 0.717) is 6.10 Å². The Morgan fingerprint density at radius 1 is 1.26 bits per heavy atom. The number of hydrogen-bond acceptors (Lipinski definition) is 5. The van der Waals surface area contributed by atoms with Crippen LogP contribution >= 0.6 is 11.3 Å². The molecule has 1 saturated heterocycles. The van der Waals surface area contributed by atoms with Crippen LogP contribution < -0.4 is 5.32 Å². The fourth-order valence-electron chi connectivity index (χ4n) is 4.14. The average molecular weight is 334 g/mol. The molecule has 126 valence electrons. The Hall–Kier alpha value is -0.980. The number of ether oxygens (including phenoxy) is 1. The van der Waals surface area contributed by atoms with Gasteiger partial charge < -0.3 is 10.1 Å². The third-order valence-electron chi connectivity index (χ3n) is 5.37. The Kier molecular flexibility index (Phi) is 4.15. The number of nitrogens with one attached hydrogen (secondary N) is 1. The maximum absolute atomic E-state index is 6.43. The van der Waals surface area contributed by atoms with Crippen LogP contribution in [0.5, 0.6) is 0 Å². The highest BCUT2D eigenvalue weighted by Crippen LogP contribution is 2.41. The number of nitrogens with zero attached hydrogens (tertiary/aromatic N) is 3. The lowest BCUT2D eigenvalue weighted by Crippen LogP contribution is -2.34. The van der Waals surface area contributed by atoms with Gasteiger partial charge in [-0.3, -0.25) is 0 Å². The van der Waals surface area contributed by atoms with Crippen molar-refractivity contribution in [3.05, 3.63) is 16.4 Å². The number of imidazole rings is 1. The first-order valence-corrected chi connectivity index (χ1v) is 9.67. The summed E-state index contributed by atoms with van der Waals surface area (Å²) in [5, 5.41) is 9.19. The Bertz CT molecular complexity index is 686. The molecule has 1 unspecified atom stereocenters. The number of aryl methyl sites for hydroxylation is 2. The van der Waals surface area contributed by atoms with Gasteiger partial charge in [0.15, 0.2) is 0 Å². The molecule has 0 radical (unpaired) electrons. The summed E-state index contributed by atoms with van der Waals surface area (Å²) in [4.78, 5) is 5.60. The van der Waals surface area contributed by atoms with Crippen LogP contribution in [0.2, 0.25) is 0 Å². The molecule has 1 aliphatic carbocycles. The molecule has 0 aromatic carbocycles. The lowest BCUT2D eigenvalue weighted by atomic mass is 9.83. The average Bonchev–Trinajstić information content (AvgIpc) is 3.16. The summed E-state index contributed by atoms with van der Waals surface area (Å²) in [6.07, 6.45) is 9.43. The van der Waals surface area contributed by atoms with E-state index in [-0.39, 0.29) is 5.60 Å². The van der Waals surface area contributed by atoms with Crippen LogP contribution in [0.15, 0.2) is 0 Å². The lowest BCUT2D eigenvalue weighted by Gasteiger charge is -2.33. The number of hydrogen-bond donors (Lipinski definition) is 1. The minimum absolute atomic E-state index is 0.219. The third-order valence-corrected chi connectivity index (χ3v) is 6.19. The van der Waals surface area contributed by atoms with Gasteiger partial charge in [0, 0.05) is 13.1 Å². The van der Waals surface area contributed by atoms with E-state index in [1.54, 1.807) is 11.3 Å². The van der Waals surface area contributed by atoms with Crippen molar-refractivity contribution in [3.8, 4) is 0 Å². The zero-order valence-electron chi connectivity index (χ0n) is 14.1. The van der Waals surface area contributed by atoms with Crippen molar-refractivity contribution >= 4 is 16.3 Å². The highest BCUT2D eigenvalue weighted by Gasteiger charge is 2.40. The first-order chi connectivity index (χ1) is 11.2.